The molecule has 2 rings (SSSR count). The lowest BCUT2D eigenvalue weighted by Gasteiger charge is -2.17. The molecule has 0 aromatic carbocycles. The molecule has 1 aromatic rings. The van der Waals surface area contributed by atoms with E-state index >= 15 is 0 Å². The van der Waals surface area contributed by atoms with Crippen LogP contribution in [0.25, 0.3) is 0 Å². The summed E-state index contributed by atoms with van der Waals surface area (Å²) in [7, 11) is 0. The molecule has 1 fully saturated rings. The first kappa shape index (κ1) is 16.9. The van der Waals surface area contributed by atoms with Crippen LogP contribution in [0.15, 0.2) is 9.21 Å². The van der Waals surface area contributed by atoms with Gasteiger partial charge in [-0.15, -0.1) is 0 Å². The predicted molar refractivity (Wildman–Crippen MR) is 83.1 cm³/mol. The molecule has 1 unspecified atom stereocenters. The van der Waals surface area contributed by atoms with E-state index in [1.807, 2.05) is 13.8 Å². The Hall–Kier alpha value is -0.440. The van der Waals surface area contributed by atoms with Crippen LogP contribution in [0, 0.1) is 0 Å². The van der Waals surface area contributed by atoms with E-state index in [9.17, 15) is 4.79 Å². The molecule has 8 heteroatoms. The van der Waals surface area contributed by atoms with E-state index in [0.717, 1.165) is 6.42 Å². The number of esters is 1. The first-order valence-electron chi connectivity index (χ1n) is 6.74. The molecule has 0 saturated carbocycles. The van der Waals surface area contributed by atoms with Gasteiger partial charge in [-0.25, -0.2) is 4.79 Å². The van der Waals surface area contributed by atoms with Crippen LogP contribution in [0.4, 0.5) is 0 Å². The molecule has 2 heterocycles. The maximum Gasteiger partial charge on any atom is 0.343 e. The van der Waals surface area contributed by atoms with Gasteiger partial charge in [0.25, 0.3) is 0 Å². The molecular weight excluding hydrogens is 408 g/mol. The number of hydrogen-bond donors (Lipinski definition) is 0. The molecule has 1 aliphatic rings. The number of carbonyl (C=O) groups is 1. The summed E-state index contributed by atoms with van der Waals surface area (Å²) in [5.41, 5.74) is 0.403. The minimum absolute atomic E-state index is 0.0286. The molecule has 118 valence electrons. The topological polar surface area (TPSA) is 62.6 Å². The van der Waals surface area contributed by atoms with Crippen molar-refractivity contribution in [2.24, 2.45) is 0 Å². The summed E-state index contributed by atoms with van der Waals surface area (Å²) in [4.78, 5) is 11.9. The first-order chi connectivity index (χ1) is 9.84. The monoisotopic (exact) mass is 424 g/mol. The van der Waals surface area contributed by atoms with Crippen molar-refractivity contribution in [2.45, 2.75) is 45.6 Å². The van der Waals surface area contributed by atoms with Crippen LogP contribution in [0.1, 0.15) is 37.6 Å². The highest BCUT2D eigenvalue weighted by Gasteiger charge is 2.32. The Balaban J connectivity index is 2.01. The van der Waals surface area contributed by atoms with E-state index < -0.39 is 11.8 Å². The quantitative estimate of drug-likeness (QED) is 0.678. The number of aryl methyl sites for hydroxylation is 1. The summed E-state index contributed by atoms with van der Waals surface area (Å²) >= 11 is 6.69. The van der Waals surface area contributed by atoms with E-state index in [1.165, 1.54) is 0 Å². The van der Waals surface area contributed by atoms with Crippen molar-refractivity contribution in [3.05, 3.63) is 14.8 Å². The zero-order chi connectivity index (χ0) is 15.6. The van der Waals surface area contributed by atoms with Crippen LogP contribution < -0.4 is 0 Å². The molecule has 0 spiro atoms. The van der Waals surface area contributed by atoms with E-state index in [2.05, 4.69) is 37.0 Å². The Labute approximate surface area is 140 Å². The lowest BCUT2D eigenvalue weighted by molar-refractivity contribution is -0.139. The average Bonchev–Trinajstić information content (AvgIpc) is 2.87. The molecular formula is C13H18Br2N2O4. The van der Waals surface area contributed by atoms with E-state index in [-0.39, 0.29) is 6.10 Å². The Morgan fingerprint density at radius 2 is 2.24 bits per heavy atom. The molecule has 0 bridgehead atoms. The number of ether oxygens (including phenoxy) is 3. The molecule has 0 radical (unpaired) electrons. The third kappa shape index (κ3) is 4.06. The second kappa shape index (κ2) is 6.76. The van der Waals surface area contributed by atoms with Crippen LogP contribution in [0.5, 0.6) is 0 Å². The lowest BCUT2D eigenvalue weighted by Crippen LogP contribution is -2.22. The standard InChI is InChI=1S/C13H18Br2N2O4/c1-4-19-12(18)9-10(14)16-17(11(9)15)6-5-8-7-20-13(2,3)21-8/h8H,4-7H2,1-3H3. The molecule has 0 N–H and O–H groups in total. The van der Waals surface area contributed by atoms with Crippen LogP contribution in [0.2, 0.25) is 0 Å². The molecule has 0 amide bonds. The molecule has 1 atom stereocenters. The fourth-order valence-electron chi connectivity index (χ4n) is 2.11. The normalized spacial score (nSPS) is 20.7. The first-order valence-corrected chi connectivity index (χ1v) is 8.33. The molecule has 1 saturated heterocycles. The predicted octanol–water partition coefficient (Wildman–Crippen LogP) is 3.13. The molecule has 21 heavy (non-hydrogen) atoms. The number of rotatable bonds is 5. The van der Waals surface area contributed by atoms with Gasteiger partial charge in [-0.2, -0.15) is 5.10 Å². The summed E-state index contributed by atoms with van der Waals surface area (Å²) in [5.74, 6) is -0.924. The van der Waals surface area contributed by atoms with Gasteiger partial charge in [-0.1, -0.05) is 0 Å². The van der Waals surface area contributed by atoms with Crippen molar-refractivity contribution >= 4 is 37.8 Å². The van der Waals surface area contributed by atoms with Gasteiger partial charge in [0.15, 0.2) is 5.79 Å². The number of aromatic nitrogens is 2. The molecule has 6 nitrogen and oxygen atoms in total. The summed E-state index contributed by atoms with van der Waals surface area (Å²) in [5, 5.41) is 4.30. The number of carbonyl (C=O) groups excluding carboxylic acids is 1. The SMILES string of the molecule is CCOC(=O)c1c(Br)nn(CCC2COC(C)(C)O2)c1Br. The van der Waals surface area contributed by atoms with E-state index in [1.54, 1.807) is 11.6 Å². The lowest BCUT2D eigenvalue weighted by atomic mass is 10.2. The average molecular weight is 426 g/mol. The Bertz CT molecular complexity index is 530. The van der Waals surface area contributed by atoms with Gasteiger partial charge in [0, 0.05) is 6.54 Å². The van der Waals surface area contributed by atoms with Crippen molar-refractivity contribution in [1.29, 1.82) is 0 Å². The minimum atomic E-state index is -0.525. The minimum Gasteiger partial charge on any atom is -0.462 e. The van der Waals surface area contributed by atoms with Gasteiger partial charge in [-0.3, -0.25) is 4.68 Å². The fourth-order valence-corrected chi connectivity index (χ4v) is 3.52. The Morgan fingerprint density at radius 3 is 2.81 bits per heavy atom. The van der Waals surface area contributed by atoms with Gasteiger partial charge in [0.2, 0.25) is 0 Å². The second-order valence-corrected chi connectivity index (χ2v) is 6.64. The van der Waals surface area contributed by atoms with Crippen LogP contribution >= 0.6 is 31.9 Å². The van der Waals surface area contributed by atoms with Crippen LogP contribution in [0.3, 0.4) is 0 Å². The molecule has 0 aliphatic carbocycles. The largest absolute Gasteiger partial charge is 0.462 e. The maximum absolute atomic E-state index is 11.9. The molecule has 1 aromatic heterocycles. The zero-order valence-electron chi connectivity index (χ0n) is 12.2. The highest BCUT2D eigenvalue weighted by molar-refractivity contribution is 9.11. The van der Waals surface area contributed by atoms with E-state index in [4.69, 9.17) is 14.2 Å². The zero-order valence-corrected chi connectivity index (χ0v) is 15.4. The summed E-state index contributed by atoms with van der Waals surface area (Å²) in [6.45, 7) is 7.06. The highest BCUT2D eigenvalue weighted by atomic mass is 79.9. The summed E-state index contributed by atoms with van der Waals surface area (Å²) in [6, 6.07) is 0. The maximum atomic E-state index is 11.9. The second-order valence-electron chi connectivity index (χ2n) is 5.14. The smallest absolute Gasteiger partial charge is 0.343 e. The van der Waals surface area contributed by atoms with Crippen molar-refractivity contribution in [1.82, 2.24) is 9.78 Å². The number of hydrogen-bond acceptors (Lipinski definition) is 5. The Morgan fingerprint density at radius 1 is 1.52 bits per heavy atom. The Kier molecular flexibility index (Phi) is 5.45. The van der Waals surface area contributed by atoms with Gasteiger partial charge < -0.3 is 14.2 Å². The van der Waals surface area contributed by atoms with Crippen LogP contribution in [-0.2, 0) is 20.8 Å². The summed E-state index contributed by atoms with van der Waals surface area (Å²) in [6.07, 6.45) is 0.777. The van der Waals surface area contributed by atoms with Crippen LogP contribution in [-0.4, -0.2) is 40.9 Å². The van der Waals surface area contributed by atoms with E-state index in [0.29, 0.717) is 34.5 Å². The number of nitrogens with zero attached hydrogens (tertiary/aromatic N) is 2. The van der Waals surface area contributed by atoms with Crippen molar-refractivity contribution < 1.29 is 19.0 Å². The summed E-state index contributed by atoms with van der Waals surface area (Å²) < 4.78 is 19.1. The fraction of sp³-hybridized carbons (Fsp3) is 0.692. The van der Waals surface area contributed by atoms with Gasteiger partial charge in [0.05, 0.1) is 19.3 Å². The van der Waals surface area contributed by atoms with Crippen molar-refractivity contribution in [3.63, 3.8) is 0 Å². The van der Waals surface area contributed by atoms with Gasteiger partial charge in [-0.05, 0) is 59.1 Å². The number of halogens is 2. The molecule has 1 aliphatic heterocycles. The van der Waals surface area contributed by atoms with Crippen molar-refractivity contribution in [3.8, 4) is 0 Å². The third-order valence-corrected chi connectivity index (χ3v) is 4.42. The van der Waals surface area contributed by atoms with Gasteiger partial charge >= 0.3 is 5.97 Å². The van der Waals surface area contributed by atoms with Crippen molar-refractivity contribution in [2.75, 3.05) is 13.2 Å². The third-order valence-electron chi connectivity index (χ3n) is 3.06. The highest BCUT2D eigenvalue weighted by Crippen LogP contribution is 2.28. The van der Waals surface area contributed by atoms with Gasteiger partial charge in [0.1, 0.15) is 14.8 Å².